The predicted octanol–water partition coefficient (Wildman–Crippen LogP) is 0.733. The van der Waals surface area contributed by atoms with Gasteiger partial charge in [0.25, 0.3) is 5.91 Å². The highest BCUT2D eigenvalue weighted by Crippen LogP contribution is 2.23. The zero-order chi connectivity index (χ0) is 18.8. The van der Waals surface area contributed by atoms with E-state index in [9.17, 15) is 14.4 Å². The Morgan fingerprint density at radius 1 is 1.31 bits per heavy atom. The van der Waals surface area contributed by atoms with Crippen molar-refractivity contribution in [1.82, 2.24) is 25.2 Å². The number of primary amides is 1. The second-order valence-corrected chi connectivity index (χ2v) is 6.58. The Hall–Kier alpha value is -2.65. The van der Waals surface area contributed by atoms with Crippen molar-refractivity contribution in [2.75, 3.05) is 0 Å². The molecule has 1 aliphatic heterocycles. The molecule has 1 atom stereocenters. The van der Waals surface area contributed by atoms with E-state index in [1.807, 2.05) is 0 Å². The second-order valence-electron chi connectivity index (χ2n) is 5.74. The molecular weight excluding hydrogens is 383 g/mol. The molecule has 0 saturated carbocycles. The van der Waals surface area contributed by atoms with Crippen LogP contribution in [0.25, 0.3) is 0 Å². The molecule has 9 nitrogen and oxygen atoms in total. The average Bonchev–Trinajstić information content (AvgIpc) is 3.10. The minimum absolute atomic E-state index is 0.00886. The van der Waals surface area contributed by atoms with E-state index in [-0.39, 0.29) is 19.5 Å². The number of hydrogen-bond acceptors (Lipinski definition) is 5. The van der Waals surface area contributed by atoms with Gasteiger partial charge >= 0.3 is 6.03 Å². The van der Waals surface area contributed by atoms with Gasteiger partial charge < -0.3 is 11.1 Å². The summed E-state index contributed by atoms with van der Waals surface area (Å²) >= 11 is 12.0. The fourth-order valence-corrected chi connectivity index (χ4v) is 2.95. The number of nitrogens with zero attached hydrogens (tertiary/aromatic N) is 4. The van der Waals surface area contributed by atoms with Crippen molar-refractivity contribution in [2.45, 2.75) is 25.6 Å². The van der Waals surface area contributed by atoms with Crippen LogP contribution in [0.15, 0.2) is 24.4 Å². The van der Waals surface area contributed by atoms with Gasteiger partial charge in [-0.1, -0.05) is 28.4 Å². The number of aromatic nitrogens is 3. The van der Waals surface area contributed by atoms with Crippen molar-refractivity contribution < 1.29 is 14.4 Å². The van der Waals surface area contributed by atoms with Crippen LogP contribution in [0.3, 0.4) is 0 Å². The van der Waals surface area contributed by atoms with Gasteiger partial charge in [-0.2, -0.15) is 0 Å². The Labute approximate surface area is 158 Å². The number of imide groups is 1. The van der Waals surface area contributed by atoms with E-state index < -0.39 is 23.9 Å². The maximum absolute atomic E-state index is 12.5. The summed E-state index contributed by atoms with van der Waals surface area (Å²) in [5.74, 6) is -0.966. The molecule has 0 radical (unpaired) electrons. The normalized spacial score (nSPS) is 16.8. The largest absolute Gasteiger partial charge is 0.368 e. The quantitative estimate of drug-likeness (QED) is 0.696. The van der Waals surface area contributed by atoms with Crippen LogP contribution in [0.4, 0.5) is 4.79 Å². The molecule has 3 rings (SSSR count). The first kappa shape index (κ1) is 18.2. The monoisotopic (exact) mass is 396 g/mol. The summed E-state index contributed by atoms with van der Waals surface area (Å²) in [6.07, 6.45) is 1.64. The predicted molar refractivity (Wildman–Crippen MR) is 92.3 cm³/mol. The summed E-state index contributed by atoms with van der Waals surface area (Å²) in [6, 6.07) is 3.52. The molecule has 26 heavy (non-hydrogen) atoms. The van der Waals surface area contributed by atoms with Gasteiger partial charge in [-0.15, -0.1) is 5.10 Å². The van der Waals surface area contributed by atoms with Gasteiger partial charge in [-0.05, 0) is 23.8 Å². The number of rotatable bonds is 6. The van der Waals surface area contributed by atoms with Gasteiger partial charge in [0.15, 0.2) is 0 Å². The van der Waals surface area contributed by atoms with Gasteiger partial charge in [-0.3, -0.25) is 14.5 Å². The van der Waals surface area contributed by atoms with E-state index in [2.05, 4.69) is 15.6 Å². The number of carbonyl (C=O) groups excluding carboxylic acids is 3. The maximum Gasteiger partial charge on any atom is 0.325 e. The Morgan fingerprint density at radius 3 is 2.81 bits per heavy atom. The van der Waals surface area contributed by atoms with Gasteiger partial charge in [0, 0.05) is 22.7 Å². The number of urea groups is 1. The molecule has 0 bridgehead atoms. The summed E-state index contributed by atoms with van der Waals surface area (Å²) in [5.41, 5.74) is 6.10. The van der Waals surface area contributed by atoms with Crippen LogP contribution in [0.2, 0.25) is 10.0 Å². The third kappa shape index (κ3) is 3.94. The fraction of sp³-hybridized carbons (Fsp3) is 0.267. The summed E-state index contributed by atoms with van der Waals surface area (Å²) < 4.78 is 1.27. The van der Waals surface area contributed by atoms with E-state index in [1.165, 1.54) is 10.9 Å². The first-order valence-corrected chi connectivity index (χ1v) is 8.32. The Kier molecular flexibility index (Phi) is 5.10. The average molecular weight is 397 g/mol. The lowest BCUT2D eigenvalue weighted by molar-refractivity contribution is -0.127. The minimum atomic E-state index is -0.779. The standard InChI is InChI=1S/C15H14Cl2N6O3/c16-9-1-2-11(17)8(3-9)5-23-14(25)12(19-15(23)26)4-10-6-22(21-20-10)7-13(18)24/h1-3,6,12H,4-5,7H2,(H2,18,24)(H,19,26). The molecule has 1 aromatic heterocycles. The van der Waals surface area contributed by atoms with E-state index in [1.54, 1.807) is 18.2 Å². The molecule has 3 N–H and O–H groups in total. The van der Waals surface area contributed by atoms with Crippen LogP contribution >= 0.6 is 23.2 Å². The van der Waals surface area contributed by atoms with Crippen molar-refractivity contribution in [1.29, 1.82) is 0 Å². The van der Waals surface area contributed by atoms with E-state index in [4.69, 9.17) is 28.9 Å². The Morgan fingerprint density at radius 2 is 2.08 bits per heavy atom. The zero-order valence-corrected chi connectivity index (χ0v) is 14.9. The van der Waals surface area contributed by atoms with Crippen LogP contribution < -0.4 is 11.1 Å². The summed E-state index contributed by atoms with van der Waals surface area (Å²) in [4.78, 5) is 36.6. The minimum Gasteiger partial charge on any atom is -0.368 e. The molecule has 1 fully saturated rings. The number of amides is 4. The first-order valence-electron chi connectivity index (χ1n) is 7.56. The van der Waals surface area contributed by atoms with Gasteiger partial charge in [-0.25, -0.2) is 9.48 Å². The van der Waals surface area contributed by atoms with Crippen molar-refractivity contribution in [3.05, 3.63) is 45.7 Å². The van der Waals surface area contributed by atoms with Crippen molar-refractivity contribution in [3.63, 3.8) is 0 Å². The lowest BCUT2D eigenvalue weighted by Gasteiger charge is -2.14. The van der Waals surface area contributed by atoms with E-state index in [0.717, 1.165) is 4.90 Å². The molecule has 4 amide bonds. The molecule has 1 aliphatic rings. The second kappa shape index (κ2) is 7.30. The topological polar surface area (TPSA) is 123 Å². The number of carbonyl (C=O) groups is 3. The number of nitrogens with one attached hydrogen (secondary N) is 1. The smallest absolute Gasteiger partial charge is 0.325 e. The van der Waals surface area contributed by atoms with Crippen LogP contribution in [0.1, 0.15) is 11.3 Å². The molecule has 136 valence electrons. The molecule has 11 heteroatoms. The molecule has 0 aliphatic carbocycles. The van der Waals surface area contributed by atoms with Crippen LogP contribution in [0.5, 0.6) is 0 Å². The lowest BCUT2D eigenvalue weighted by Crippen LogP contribution is -2.32. The summed E-state index contributed by atoms with van der Waals surface area (Å²) in [6.45, 7) is -0.105. The third-order valence-corrected chi connectivity index (χ3v) is 4.36. The highest BCUT2D eigenvalue weighted by atomic mass is 35.5. The summed E-state index contributed by atoms with van der Waals surface area (Å²) in [7, 11) is 0. The van der Waals surface area contributed by atoms with Crippen molar-refractivity contribution in [3.8, 4) is 0 Å². The molecular formula is C15H14Cl2N6O3. The fourth-order valence-electron chi connectivity index (χ4n) is 2.58. The van der Waals surface area contributed by atoms with Gasteiger partial charge in [0.1, 0.15) is 12.6 Å². The first-order chi connectivity index (χ1) is 12.3. The van der Waals surface area contributed by atoms with Crippen molar-refractivity contribution >= 4 is 41.0 Å². The van der Waals surface area contributed by atoms with Crippen LogP contribution in [-0.2, 0) is 29.1 Å². The van der Waals surface area contributed by atoms with E-state index >= 15 is 0 Å². The molecule has 0 spiro atoms. The van der Waals surface area contributed by atoms with E-state index in [0.29, 0.717) is 21.3 Å². The Balaban J connectivity index is 1.69. The lowest BCUT2D eigenvalue weighted by atomic mass is 10.1. The van der Waals surface area contributed by atoms with Gasteiger partial charge in [0.05, 0.1) is 12.2 Å². The molecule has 1 aromatic carbocycles. The summed E-state index contributed by atoms with van der Waals surface area (Å²) in [5, 5.41) is 11.1. The molecule has 1 saturated heterocycles. The molecule has 2 heterocycles. The Bertz CT molecular complexity index is 884. The number of benzene rings is 1. The number of nitrogens with two attached hydrogens (primary N) is 1. The molecule has 2 aromatic rings. The van der Waals surface area contributed by atoms with Crippen molar-refractivity contribution in [2.24, 2.45) is 5.73 Å². The SMILES string of the molecule is NC(=O)Cn1cc(CC2NC(=O)N(Cc3cc(Cl)ccc3Cl)C2=O)nn1. The van der Waals surface area contributed by atoms with Crippen LogP contribution in [0, 0.1) is 0 Å². The van der Waals surface area contributed by atoms with Gasteiger partial charge in [0.2, 0.25) is 5.91 Å². The van der Waals surface area contributed by atoms with Crippen LogP contribution in [-0.4, -0.2) is 43.8 Å². The maximum atomic E-state index is 12.5. The third-order valence-electron chi connectivity index (χ3n) is 3.76. The number of hydrogen-bond donors (Lipinski definition) is 2. The highest BCUT2D eigenvalue weighted by Gasteiger charge is 2.38. The molecule has 1 unspecified atom stereocenters. The number of halogens is 2. The zero-order valence-electron chi connectivity index (χ0n) is 13.4. The highest BCUT2D eigenvalue weighted by molar-refractivity contribution is 6.33.